The summed E-state index contributed by atoms with van der Waals surface area (Å²) in [7, 11) is 0. The van der Waals surface area contributed by atoms with Gasteiger partial charge in [-0.3, -0.25) is 0 Å². The number of hydrogen-bond acceptors (Lipinski definition) is 3. The van der Waals surface area contributed by atoms with E-state index in [2.05, 4.69) is 206 Å². The Kier molecular flexibility index (Phi) is 8.66. The third-order valence-corrected chi connectivity index (χ3v) is 10.8. The summed E-state index contributed by atoms with van der Waals surface area (Å²) < 4.78 is 0. The molecule has 1 aliphatic carbocycles. The van der Waals surface area contributed by atoms with Crippen LogP contribution < -0.4 is 0 Å². The van der Waals surface area contributed by atoms with Crippen LogP contribution in [0.1, 0.15) is 23.7 Å². The van der Waals surface area contributed by atoms with Gasteiger partial charge in [0.25, 0.3) is 0 Å². The van der Waals surface area contributed by atoms with Crippen molar-refractivity contribution in [3.63, 3.8) is 0 Å². The average Bonchev–Trinajstić information content (AvgIpc) is 3.29. The molecule has 10 rings (SSSR count). The maximum atomic E-state index is 5.25. The van der Waals surface area contributed by atoms with Crippen LogP contribution in [0.2, 0.25) is 0 Å². The van der Waals surface area contributed by atoms with Crippen LogP contribution in [0.3, 0.4) is 0 Å². The third-order valence-electron chi connectivity index (χ3n) is 10.8. The lowest BCUT2D eigenvalue weighted by Crippen LogP contribution is -2.09. The van der Waals surface area contributed by atoms with Crippen molar-refractivity contribution in [3.8, 4) is 56.2 Å². The molecule has 1 aliphatic rings. The molecule has 9 aromatic rings. The normalized spacial score (nSPS) is 13.9. The average molecular weight is 716 g/mol. The van der Waals surface area contributed by atoms with Gasteiger partial charge in [-0.05, 0) is 96.7 Å². The Bertz CT molecular complexity index is 2940. The van der Waals surface area contributed by atoms with Gasteiger partial charge in [0.1, 0.15) is 5.82 Å². The van der Waals surface area contributed by atoms with Crippen LogP contribution in [-0.2, 0) is 0 Å². The van der Waals surface area contributed by atoms with Crippen molar-refractivity contribution < 1.29 is 0 Å². The van der Waals surface area contributed by atoms with Crippen LogP contribution in [0.5, 0.6) is 0 Å². The Morgan fingerprint density at radius 3 is 1.57 bits per heavy atom. The van der Waals surface area contributed by atoms with Crippen molar-refractivity contribution in [2.45, 2.75) is 12.3 Å². The lowest BCUT2D eigenvalue weighted by Gasteiger charge is -2.19. The Hall–Kier alpha value is -7.23. The highest BCUT2D eigenvalue weighted by Crippen LogP contribution is 2.38. The van der Waals surface area contributed by atoms with E-state index in [4.69, 9.17) is 15.0 Å². The van der Waals surface area contributed by atoms with Crippen LogP contribution in [0, 0.1) is 0 Å². The predicted molar refractivity (Wildman–Crippen MR) is 233 cm³/mol. The van der Waals surface area contributed by atoms with Gasteiger partial charge in [-0.25, -0.2) is 15.0 Å². The van der Waals surface area contributed by atoms with Gasteiger partial charge in [-0.2, -0.15) is 0 Å². The molecule has 0 amide bonds. The molecule has 0 saturated heterocycles. The second kappa shape index (κ2) is 14.5. The minimum atomic E-state index is -0.00550. The SMILES string of the molecule is C1=CC(c2nc(-c3cccc(-c4cccc(-c5ccccc5)c4)c3)nc(-c3cccc(-c4cc5ccccc5c5ccccc45)c3)n2)CC(c2ccccc2)=C1. The lowest BCUT2D eigenvalue weighted by molar-refractivity contribution is 0.773. The molecule has 264 valence electrons. The summed E-state index contributed by atoms with van der Waals surface area (Å²) in [5, 5.41) is 4.95. The zero-order valence-electron chi connectivity index (χ0n) is 30.8. The van der Waals surface area contributed by atoms with Crippen molar-refractivity contribution in [3.05, 3.63) is 218 Å². The highest BCUT2D eigenvalue weighted by Gasteiger charge is 2.21. The number of aromatic nitrogens is 3. The number of rotatable bonds is 7. The number of benzene rings is 8. The molecule has 0 radical (unpaired) electrons. The van der Waals surface area contributed by atoms with E-state index in [1.807, 2.05) is 0 Å². The largest absolute Gasteiger partial charge is 0.212 e. The summed E-state index contributed by atoms with van der Waals surface area (Å²) >= 11 is 0. The molecular weight excluding hydrogens is 679 g/mol. The van der Waals surface area contributed by atoms with E-state index in [9.17, 15) is 0 Å². The van der Waals surface area contributed by atoms with Gasteiger partial charge in [0.15, 0.2) is 11.6 Å². The highest BCUT2D eigenvalue weighted by molar-refractivity contribution is 6.13. The van der Waals surface area contributed by atoms with E-state index in [1.165, 1.54) is 49.4 Å². The molecule has 0 fully saturated rings. The topological polar surface area (TPSA) is 38.7 Å². The molecule has 0 saturated carbocycles. The summed E-state index contributed by atoms with van der Waals surface area (Å²) in [5.41, 5.74) is 11.3. The van der Waals surface area contributed by atoms with Crippen molar-refractivity contribution >= 4 is 27.1 Å². The second-order valence-electron chi connectivity index (χ2n) is 14.4. The van der Waals surface area contributed by atoms with E-state index in [0.29, 0.717) is 11.6 Å². The first-order chi connectivity index (χ1) is 27.7. The first kappa shape index (κ1) is 33.3. The van der Waals surface area contributed by atoms with Gasteiger partial charge in [-0.15, -0.1) is 0 Å². The molecule has 0 N–H and O–H groups in total. The number of hydrogen-bond donors (Lipinski definition) is 0. The molecule has 1 heterocycles. The summed E-state index contributed by atoms with van der Waals surface area (Å²) in [6.07, 6.45) is 7.38. The smallest absolute Gasteiger partial charge is 0.163 e. The fraction of sp³-hybridized carbons (Fsp3) is 0.0377. The molecule has 1 atom stereocenters. The molecule has 0 aliphatic heterocycles. The molecule has 1 aromatic heterocycles. The molecule has 56 heavy (non-hydrogen) atoms. The quantitative estimate of drug-likeness (QED) is 0.154. The summed E-state index contributed by atoms with van der Waals surface area (Å²) in [4.78, 5) is 15.7. The van der Waals surface area contributed by atoms with Crippen LogP contribution in [0.25, 0.3) is 83.3 Å². The van der Waals surface area contributed by atoms with E-state index >= 15 is 0 Å². The summed E-state index contributed by atoms with van der Waals surface area (Å²) in [6.45, 7) is 0. The van der Waals surface area contributed by atoms with Gasteiger partial charge < -0.3 is 0 Å². The minimum absolute atomic E-state index is 0.00550. The number of nitrogens with zero attached hydrogens (tertiary/aromatic N) is 3. The van der Waals surface area contributed by atoms with Crippen molar-refractivity contribution in [2.75, 3.05) is 0 Å². The first-order valence-corrected chi connectivity index (χ1v) is 19.2. The Morgan fingerprint density at radius 1 is 0.375 bits per heavy atom. The van der Waals surface area contributed by atoms with Gasteiger partial charge >= 0.3 is 0 Å². The maximum absolute atomic E-state index is 5.25. The van der Waals surface area contributed by atoms with Gasteiger partial charge in [-0.1, -0.05) is 182 Å². The molecule has 1 unspecified atom stereocenters. The van der Waals surface area contributed by atoms with Gasteiger partial charge in [0, 0.05) is 17.0 Å². The van der Waals surface area contributed by atoms with Crippen LogP contribution in [0.4, 0.5) is 0 Å². The maximum Gasteiger partial charge on any atom is 0.163 e. The predicted octanol–water partition coefficient (Wildman–Crippen LogP) is 13.6. The monoisotopic (exact) mass is 715 g/mol. The fourth-order valence-electron chi connectivity index (χ4n) is 8.00. The first-order valence-electron chi connectivity index (χ1n) is 19.2. The standard InChI is InChI=1S/C53H37N3/c1-3-15-36(16-4-1)38-20-11-22-40(31-38)41-23-13-26-45(33-41)52-54-51(44-25-12-21-39(32-44)37-17-5-2-6-18-37)55-53(56-52)46-27-14-24-42(34-46)50-35-43-19-7-8-28-47(43)48-29-9-10-30-49(48)50/h1-31,33-35,44H,32H2. The Labute approximate surface area is 327 Å². The van der Waals surface area contributed by atoms with Gasteiger partial charge in [0.2, 0.25) is 0 Å². The van der Waals surface area contributed by atoms with Crippen LogP contribution in [-0.4, -0.2) is 15.0 Å². The summed E-state index contributed by atoms with van der Waals surface area (Å²) in [6, 6.07) is 66.7. The molecule has 3 heteroatoms. The van der Waals surface area contributed by atoms with Crippen molar-refractivity contribution in [1.82, 2.24) is 15.0 Å². The molecular formula is C53H37N3. The Morgan fingerprint density at radius 2 is 0.875 bits per heavy atom. The fourth-order valence-corrected chi connectivity index (χ4v) is 8.00. The van der Waals surface area contributed by atoms with E-state index < -0.39 is 0 Å². The number of allylic oxidation sites excluding steroid dienone is 4. The highest BCUT2D eigenvalue weighted by atomic mass is 15.0. The van der Waals surface area contributed by atoms with Crippen LogP contribution >= 0.6 is 0 Å². The number of fused-ring (bicyclic) bond motifs is 3. The van der Waals surface area contributed by atoms with Gasteiger partial charge in [0.05, 0.1) is 0 Å². The van der Waals surface area contributed by atoms with E-state index in [-0.39, 0.29) is 5.92 Å². The molecule has 0 bridgehead atoms. The van der Waals surface area contributed by atoms with E-state index in [0.717, 1.165) is 40.1 Å². The zero-order valence-corrected chi connectivity index (χ0v) is 30.8. The molecule has 3 nitrogen and oxygen atoms in total. The second-order valence-corrected chi connectivity index (χ2v) is 14.4. The molecule has 0 spiro atoms. The van der Waals surface area contributed by atoms with E-state index in [1.54, 1.807) is 0 Å². The van der Waals surface area contributed by atoms with Crippen molar-refractivity contribution in [1.29, 1.82) is 0 Å². The molecule has 8 aromatic carbocycles. The third kappa shape index (κ3) is 6.50. The lowest BCUT2D eigenvalue weighted by atomic mass is 9.89. The Balaban J connectivity index is 1.09. The zero-order chi connectivity index (χ0) is 37.3. The van der Waals surface area contributed by atoms with Crippen LogP contribution in [0.15, 0.2) is 206 Å². The summed E-state index contributed by atoms with van der Waals surface area (Å²) in [5.74, 6) is 2.09. The minimum Gasteiger partial charge on any atom is -0.212 e. The van der Waals surface area contributed by atoms with Crippen molar-refractivity contribution in [2.24, 2.45) is 0 Å².